The van der Waals surface area contributed by atoms with E-state index < -0.39 is 12.0 Å². The largest absolute Gasteiger partial charge is 0.451 e. The van der Waals surface area contributed by atoms with Crippen LogP contribution >= 0.6 is 11.8 Å². The second kappa shape index (κ2) is 8.31. The third-order valence-electron chi connectivity index (χ3n) is 2.80. The molecule has 0 fully saturated rings. The molecule has 1 unspecified atom stereocenters. The van der Waals surface area contributed by atoms with Crippen LogP contribution in [0.2, 0.25) is 0 Å². The smallest absolute Gasteiger partial charge is 0.370 e. The number of rotatable bonds is 8. The van der Waals surface area contributed by atoms with Gasteiger partial charge in [-0.2, -0.15) is 24.9 Å². The molecule has 0 aliphatic heterocycles. The molecule has 2 N–H and O–H groups in total. The molecule has 4 nitrogen and oxygen atoms in total. The lowest BCUT2D eigenvalue weighted by Gasteiger charge is -2.13. The Hall–Kier alpha value is -1.18. The Labute approximate surface area is 127 Å². The summed E-state index contributed by atoms with van der Waals surface area (Å²) in [5.41, 5.74) is 0. The maximum absolute atomic E-state index is 12.8. The summed E-state index contributed by atoms with van der Waals surface area (Å²) >= 11 is 1.72. The highest BCUT2D eigenvalue weighted by atomic mass is 32.2. The SMILES string of the molecule is CCCNc1cc(NCCC(C)SC)nc(C(F)(F)F)n1. The normalized spacial score (nSPS) is 13.0. The van der Waals surface area contributed by atoms with Crippen LogP contribution in [0.4, 0.5) is 24.8 Å². The maximum atomic E-state index is 12.8. The summed E-state index contributed by atoms with van der Waals surface area (Å²) in [4.78, 5) is 7.05. The first kappa shape index (κ1) is 17.9. The van der Waals surface area contributed by atoms with Crippen molar-refractivity contribution in [2.75, 3.05) is 30.0 Å². The van der Waals surface area contributed by atoms with Gasteiger partial charge in [-0.1, -0.05) is 13.8 Å². The van der Waals surface area contributed by atoms with E-state index in [0.29, 0.717) is 18.3 Å². The molecule has 1 aromatic heterocycles. The number of nitrogens with zero attached hydrogens (tertiary/aromatic N) is 2. The molecule has 0 aliphatic carbocycles. The van der Waals surface area contributed by atoms with Crippen molar-refractivity contribution in [3.63, 3.8) is 0 Å². The molecule has 0 aromatic carbocycles. The van der Waals surface area contributed by atoms with E-state index in [0.717, 1.165) is 12.8 Å². The second-order valence-electron chi connectivity index (χ2n) is 4.65. The topological polar surface area (TPSA) is 49.8 Å². The summed E-state index contributed by atoms with van der Waals surface area (Å²) in [6.45, 7) is 5.14. The molecule has 21 heavy (non-hydrogen) atoms. The van der Waals surface area contributed by atoms with Gasteiger partial charge >= 0.3 is 6.18 Å². The van der Waals surface area contributed by atoms with Gasteiger partial charge in [0.25, 0.3) is 0 Å². The summed E-state index contributed by atoms with van der Waals surface area (Å²) in [6.07, 6.45) is -0.889. The van der Waals surface area contributed by atoms with Gasteiger partial charge in [0.15, 0.2) is 0 Å². The molecule has 0 bridgehead atoms. The van der Waals surface area contributed by atoms with Crippen LogP contribution in [0.25, 0.3) is 0 Å². The summed E-state index contributed by atoms with van der Waals surface area (Å²) in [6, 6.07) is 1.51. The average Bonchev–Trinajstić information content (AvgIpc) is 2.43. The van der Waals surface area contributed by atoms with Crippen molar-refractivity contribution in [2.45, 2.75) is 38.1 Å². The first-order chi connectivity index (χ1) is 9.86. The standard InChI is InChI=1S/C13H21F3N4S/c1-4-6-17-10-8-11(18-7-5-9(2)21-3)20-12(19-10)13(14,15)16/h8-9H,4-7H2,1-3H3,(H2,17,18,19,20). The fourth-order valence-electron chi connectivity index (χ4n) is 1.53. The van der Waals surface area contributed by atoms with Crippen molar-refractivity contribution in [3.05, 3.63) is 11.9 Å². The molecule has 0 amide bonds. The molecule has 1 aromatic rings. The van der Waals surface area contributed by atoms with Gasteiger partial charge in [0.05, 0.1) is 0 Å². The molecule has 1 heterocycles. The van der Waals surface area contributed by atoms with Crippen LogP contribution in [0.1, 0.15) is 32.5 Å². The summed E-state index contributed by atoms with van der Waals surface area (Å²) in [5.74, 6) is -0.729. The van der Waals surface area contributed by atoms with Crippen LogP contribution in [-0.2, 0) is 6.18 Å². The number of anilines is 2. The van der Waals surface area contributed by atoms with Crippen molar-refractivity contribution in [1.82, 2.24) is 9.97 Å². The Morgan fingerprint density at radius 3 is 2.24 bits per heavy atom. The minimum Gasteiger partial charge on any atom is -0.370 e. The van der Waals surface area contributed by atoms with Crippen LogP contribution < -0.4 is 10.6 Å². The lowest BCUT2D eigenvalue weighted by Crippen LogP contribution is -2.16. The minimum atomic E-state index is -4.55. The molecule has 0 spiro atoms. The Bertz CT molecular complexity index is 440. The zero-order valence-corrected chi connectivity index (χ0v) is 13.2. The van der Waals surface area contributed by atoms with E-state index in [1.54, 1.807) is 11.8 Å². The maximum Gasteiger partial charge on any atom is 0.451 e. The van der Waals surface area contributed by atoms with E-state index in [1.807, 2.05) is 13.2 Å². The molecule has 0 saturated carbocycles. The highest BCUT2D eigenvalue weighted by Crippen LogP contribution is 2.28. The van der Waals surface area contributed by atoms with Crippen molar-refractivity contribution in [1.29, 1.82) is 0 Å². The van der Waals surface area contributed by atoms with Crippen LogP contribution in [0.3, 0.4) is 0 Å². The summed E-state index contributed by atoms with van der Waals surface area (Å²) in [7, 11) is 0. The number of aromatic nitrogens is 2. The molecule has 1 rings (SSSR count). The van der Waals surface area contributed by atoms with E-state index >= 15 is 0 Å². The van der Waals surface area contributed by atoms with Gasteiger partial charge < -0.3 is 10.6 Å². The summed E-state index contributed by atoms with van der Waals surface area (Å²) in [5, 5.41) is 6.24. The van der Waals surface area contributed by atoms with Gasteiger partial charge in [0.2, 0.25) is 5.82 Å². The third-order valence-corrected chi connectivity index (χ3v) is 3.84. The number of nitrogens with one attached hydrogen (secondary N) is 2. The second-order valence-corrected chi connectivity index (χ2v) is 5.92. The molecule has 0 aliphatic rings. The lowest BCUT2D eigenvalue weighted by molar-refractivity contribution is -0.144. The van der Waals surface area contributed by atoms with Crippen molar-refractivity contribution in [2.24, 2.45) is 0 Å². The average molecular weight is 322 g/mol. The van der Waals surface area contributed by atoms with Crippen LogP contribution in [0.15, 0.2) is 6.07 Å². The molecule has 1 atom stereocenters. The Kier molecular flexibility index (Phi) is 7.07. The Morgan fingerprint density at radius 1 is 1.19 bits per heavy atom. The number of alkyl halides is 3. The number of halogens is 3. The first-order valence-electron chi connectivity index (χ1n) is 6.83. The molecular formula is C13H21F3N4S. The zero-order valence-electron chi connectivity index (χ0n) is 12.4. The number of thioether (sulfide) groups is 1. The monoisotopic (exact) mass is 322 g/mol. The predicted molar refractivity (Wildman–Crippen MR) is 81.9 cm³/mol. The molecule has 120 valence electrons. The zero-order chi connectivity index (χ0) is 15.9. The number of hydrogen-bond acceptors (Lipinski definition) is 5. The van der Waals surface area contributed by atoms with Gasteiger partial charge in [-0.15, -0.1) is 0 Å². The van der Waals surface area contributed by atoms with E-state index in [-0.39, 0.29) is 11.6 Å². The van der Waals surface area contributed by atoms with E-state index in [2.05, 4.69) is 27.5 Å². The Morgan fingerprint density at radius 2 is 1.76 bits per heavy atom. The van der Waals surface area contributed by atoms with Gasteiger partial charge in [-0.05, 0) is 19.1 Å². The van der Waals surface area contributed by atoms with Gasteiger partial charge in [-0.3, -0.25) is 0 Å². The van der Waals surface area contributed by atoms with Crippen LogP contribution in [0, 0.1) is 0 Å². The predicted octanol–water partition coefficient (Wildman–Crippen LogP) is 3.87. The van der Waals surface area contributed by atoms with Crippen LogP contribution in [0.5, 0.6) is 0 Å². The highest BCUT2D eigenvalue weighted by Gasteiger charge is 2.35. The first-order valence-corrected chi connectivity index (χ1v) is 8.12. The fraction of sp³-hybridized carbons (Fsp3) is 0.692. The van der Waals surface area contributed by atoms with Gasteiger partial charge in [-0.25, -0.2) is 9.97 Å². The molecule has 0 radical (unpaired) electrons. The quantitative estimate of drug-likeness (QED) is 0.761. The highest BCUT2D eigenvalue weighted by molar-refractivity contribution is 7.99. The third kappa shape index (κ3) is 6.41. The molecule has 0 saturated heterocycles. The van der Waals surface area contributed by atoms with Crippen molar-refractivity contribution >= 4 is 23.4 Å². The fourth-order valence-corrected chi connectivity index (χ4v) is 1.88. The Balaban J connectivity index is 2.81. The summed E-state index contributed by atoms with van der Waals surface area (Å²) < 4.78 is 38.4. The van der Waals surface area contributed by atoms with Gasteiger partial charge in [0.1, 0.15) is 11.6 Å². The van der Waals surface area contributed by atoms with Crippen molar-refractivity contribution in [3.8, 4) is 0 Å². The lowest BCUT2D eigenvalue weighted by atomic mass is 10.3. The minimum absolute atomic E-state index is 0.194. The van der Waals surface area contributed by atoms with E-state index in [9.17, 15) is 13.2 Å². The van der Waals surface area contributed by atoms with E-state index in [4.69, 9.17) is 0 Å². The van der Waals surface area contributed by atoms with E-state index in [1.165, 1.54) is 6.07 Å². The number of hydrogen-bond donors (Lipinski definition) is 2. The van der Waals surface area contributed by atoms with Crippen LogP contribution in [-0.4, -0.2) is 34.6 Å². The molecular weight excluding hydrogens is 301 g/mol. The van der Waals surface area contributed by atoms with Crippen molar-refractivity contribution < 1.29 is 13.2 Å². The molecule has 8 heteroatoms. The van der Waals surface area contributed by atoms with Gasteiger partial charge in [0, 0.05) is 24.4 Å².